The third-order valence-electron chi connectivity index (χ3n) is 4.53. The van der Waals surface area contributed by atoms with Crippen molar-refractivity contribution in [3.63, 3.8) is 0 Å². The van der Waals surface area contributed by atoms with Gasteiger partial charge in [0, 0.05) is 17.1 Å². The number of benzene rings is 2. The Hall–Kier alpha value is -2.68. The van der Waals surface area contributed by atoms with Gasteiger partial charge in [-0.1, -0.05) is 74.9 Å². The summed E-state index contributed by atoms with van der Waals surface area (Å²) < 4.78 is 2.13. The molecule has 2 aromatic carbocycles. The average molecular weight is 315 g/mol. The summed E-state index contributed by atoms with van der Waals surface area (Å²) in [6, 6.07) is 16.9. The predicted molar refractivity (Wildman–Crippen MR) is 99.4 cm³/mol. The number of hydrogen-bond donors (Lipinski definition) is 0. The molecule has 4 rings (SSSR count). The number of fused-ring (bicyclic) bond motifs is 3. The molecule has 0 unspecified atom stereocenters. The summed E-state index contributed by atoms with van der Waals surface area (Å²) in [7, 11) is 0. The molecule has 0 aliphatic heterocycles. The molecule has 3 nitrogen and oxygen atoms in total. The molecule has 0 spiro atoms. The highest BCUT2D eigenvalue weighted by Gasteiger charge is 2.21. The van der Waals surface area contributed by atoms with Gasteiger partial charge < -0.3 is 0 Å². The molecule has 2 heterocycles. The van der Waals surface area contributed by atoms with Gasteiger partial charge >= 0.3 is 0 Å². The Balaban J connectivity index is 2.09. The first kappa shape index (κ1) is 14.9. The summed E-state index contributed by atoms with van der Waals surface area (Å²) in [5.41, 5.74) is 4.59. The van der Waals surface area contributed by atoms with Gasteiger partial charge in [0.05, 0.1) is 0 Å². The minimum atomic E-state index is 0.0443. The Morgan fingerprint density at radius 3 is 2.17 bits per heavy atom. The molecule has 0 atom stereocenters. The van der Waals surface area contributed by atoms with Crippen LogP contribution in [0.15, 0.2) is 54.7 Å². The first-order valence-corrected chi connectivity index (χ1v) is 8.29. The molecule has 0 aliphatic carbocycles. The van der Waals surface area contributed by atoms with Gasteiger partial charge in [-0.15, -0.1) is 10.2 Å². The van der Waals surface area contributed by atoms with Crippen LogP contribution in [0.1, 0.15) is 31.9 Å². The first-order chi connectivity index (χ1) is 11.4. The normalized spacial score (nSPS) is 12.2. The van der Waals surface area contributed by atoms with Crippen LogP contribution in [0.25, 0.3) is 27.8 Å². The molecule has 24 heavy (non-hydrogen) atoms. The number of pyridine rings is 1. The smallest absolute Gasteiger partial charge is 0.168 e. The van der Waals surface area contributed by atoms with E-state index in [-0.39, 0.29) is 5.41 Å². The summed E-state index contributed by atoms with van der Waals surface area (Å²) >= 11 is 0. The Bertz CT molecular complexity index is 1030. The number of aryl methyl sites for hydroxylation is 1. The van der Waals surface area contributed by atoms with Gasteiger partial charge in [-0.25, -0.2) is 0 Å². The van der Waals surface area contributed by atoms with Crippen LogP contribution in [-0.4, -0.2) is 14.6 Å². The van der Waals surface area contributed by atoms with E-state index in [1.54, 1.807) is 0 Å². The summed E-state index contributed by atoms with van der Waals surface area (Å²) in [5, 5.41) is 11.4. The molecule has 0 saturated heterocycles. The Morgan fingerprint density at radius 2 is 1.50 bits per heavy atom. The van der Waals surface area contributed by atoms with E-state index in [9.17, 15) is 0 Å². The molecule has 120 valence electrons. The van der Waals surface area contributed by atoms with Crippen molar-refractivity contribution in [1.82, 2.24) is 14.6 Å². The summed E-state index contributed by atoms with van der Waals surface area (Å²) in [4.78, 5) is 0. The second-order valence-corrected chi connectivity index (χ2v) is 7.42. The van der Waals surface area contributed by atoms with Crippen molar-refractivity contribution < 1.29 is 0 Å². The van der Waals surface area contributed by atoms with Gasteiger partial charge in [0.1, 0.15) is 0 Å². The Kier molecular flexibility index (Phi) is 3.20. The number of hydrogen-bond acceptors (Lipinski definition) is 2. The van der Waals surface area contributed by atoms with Gasteiger partial charge in [-0.05, 0) is 23.3 Å². The van der Waals surface area contributed by atoms with E-state index in [0.717, 1.165) is 22.4 Å². The lowest BCUT2D eigenvalue weighted by Gasteiger charge is -2.22. The second-order valence-electron chi connectivity index (χ2n) is 7.42. The molecule has 0 N–H and O–H groups in total. The SMILES string of the molecule is Cc1ccc(-c2nnc3c4ccccc4c(C(C)(C)C)cn23)cc1. The fourth-order valence-electron chi connectivity index (χ4n) is 3.21. The zero-order chi connectivity index (χ0) is 16.9. The predicted octanol–water partition coefficient (Wildman–Crippen LogP) is 5.16. The molecule has 0 fully saturated rings. The number of nitrogens with zero attached hydrogens (tertiary/aromatic N) is 3. The van der Waals surface area contributed by atoms with Crippen molar-refractivity contribution in [3.05, 3.63) is 65.9 Å². The van der Waals surface area contributed by atoms with Gasteiger partial charge in [0.2, 0.25) is 0 Å². The van der Waals surface area contributed by atoms with E-state index in [1.165, 1.54) is 16.5 Å². The van der Waals surface area contributed by atoms with Crippen LogP contribution in [0.4, 0.5) is 0 Å². The molecule has 0 amide bonds. The van der Waals surface area contributed by atoms with E-state index < -0.39 is 0 Å². The highest BCUT2D eigenvalue weighted by atomic mass is 15.2. The van der Waals surface area contributed by atoms with Crippen LogP contribution in [0, 0.1) is 6.92 Å². The van der Waals surface area contributed by atoms with Crippen molar-refractivity contribution in [3.8, 4) is 11.4 Å². The van der Waals surface area contributed by atoms with E-state index in [4.69, 9.17) is 0 Å². The molecule has 2 aromatic heterocycles. The highest BCUT2D eigenvalue weighted by molar-refractivity contribution is 5.97. The Morgan fingerprint density at radius 1 is 0.833 bits per heavy atom. The largest absolute Gasteiger partial charge is 0.282 e. The van der Waals surface area contributed by atoms with Crippen molar-refractivity contribution in [1.29, 1.82) is 0 Å². The van der Waals surface area contributed by atoms with Crippen molar-refractivity contribution in [2.24, 2.45) is 0 Å². The van der Waals surface area contributed by atoms with Gasteiger partial charge in [-0.3, -0.25) is 4.40 Å². The summed E-state index contributed by atoms with van der Waals surface area (Å²) in [5.74, 6) is 0.890. The summed E-state index contributed by atoms with van der Waals surface area (Å²) in [6.45, 7) is 8.83. The molecular weight excluding hydrogens is 294 g/mol. The molecule has 0 saturated carbocycles. The lowest BCUT2D eigenvalue weighted by molar-refractivity contribution is 0.592. The zero-order valence-electron chi connectivity index (χ0n) is 14.5. The summed E-state index contributed by atoms with van der Waals surface area (Å²) in [6.07, 6.45) is 2.20. The third kappa shape index (κ3) is 2.28. The maximum absolute atomic E-state index is 4.48. The van der Waals surface area contributed by atoms with Crippen LogP contribution in [0.2, 0.25) is 0 Å². The number of aromatic nitrogens is 3. The van der Waals surface area contributed by atoms with Crippen molar-refractivity contribution >= 4 is 16.4 Å². The van der Waals surface area contributed by atoms with Gasteiger partial charge in [0.25, 0.3) is 0 Å². The topological polar surface area (TPSA) is 30.2 Å². The zero-order valence-corrected chi connectivity index (χ0v) is 14.5. The van der Waals surface area contributed by atoms with Crippen LogP contribution in [0.5, 0.6) is 0 Å². The van der Waals surface area contributed by atoms with Crippen LogP contribution >= 0.6 is 0 Å². The molecule has 4 aromatic rings. The maximum Gasteiger partial charge on any atom is 0.168 e. The molecule has 0 radical (unpaired) electrons. The lowest BCUT2D eigenvalue weighted by atomic mass is 9.85. The minimum Gasteiger partial charge on any atom is -0.282 e. The van der Waals surface area contributed by atoms with Crippen LogP contribution in [0.3, 0.4) is 0 Å². The fourth-order valence-corrected chi connectivity index (χ4v) is 3.21. The van der Waals surface area contributed by atoms with Gasteiger partial charge in [0.15, 0.2) is 11.5 Å². The molecule has 0 aliphatic rings. The van der Waals surface area contributed by atoms with E-state index in [0.29, 0.717) is 0 Å². The van der Waals surface area contributed by atoms with Gasteiger partial charge in [-0.2, -0.15) is 0 Å². The molecular formula is C21H21N3. The average Bonchev–Trinajstić information content (AvgIpc) is 2.98. The molecule has 3 heteroatoms. The van der Waals surface area contributed by atoms with E-state index in [1.807, 2.05) is 0 Å². The third-order valence-corrected chi connectivity index (χ3v) is 4.53. The van der Waals surface area contributed by atoms with E-state index >= 15 is 0 Å². The van der Waals surface area contributed by atoms with Crippen molar-refractivity contribution in [2.75, 3.05) is 0 Å². The maximum atomic E-state index is 4.48. The monoisotopic (exact) mass is 315 g/mol. The number of rotatable bonds is 1. The molecule has 0 bridgehead atoms. The van der Waals surface area contributed by atoms with Crippen molar-refractivity contribution in [2.45, 2.75) is 33.1 Å². The quantitative estimate of drug-likeness (QED) is 0.486. The Labute approximate surface area is 142 Å². The van der Waals surface area contributed by atoms with Crippen LogP contribution in [-0.2, 0) is 5.41 Å². The lowest BCUT2D eigenvalue weighted by Crippen LogP contribution is -2.13. The van der Waals surface area contributed by atoms with E-state index in [2.05, 4.69) is 97.0 Å². The minimum absolute atomic E-state index is 0.0443. The highest BCUT2D eigenvalue weighted by Crippen LogP contribution is 2.33. The van der Waals surface area contributed by atoms with Crippen LogP contribution < -0.4 is 0 Å². The fraction of sp³-hybridized carbons (Fsp3) is 0.238. The standard InChI is InChI=1S/C21H21N3/c1-14-9-11-15(12-10-14)19-22-23-20-17-8-6-5-7-16(17)18(13-24(19)20)21(2,3)4/h5-13H,1-4H3. The second kappa shape index (κ2) is 5.17. The first-order valence-electron chi connectivity index (χ1n) is 8.29.